The Morgan fingerprint density at radius 1 is 0.875 bits per heavy atom. The smallest absolute Gasteiger partial charge is 0.315 e. The zero-order chi connectivity index (χ0) is 22.3. The standard InChI is InChI=1S/C23H32N6O3/c1-17-15-28(7-9-31-17)21-5-3-19(11-24-21)13-26-23(30)27-14-20-4-6-22(25-12-20)29-8-10-32-18(2)16-29/h3-6,11-12,17-18H,7-10,13-16H2,1-2H3,(H2,26,27,30)/t17-,18-/m1/s1. The van der Waals surface area contributed by atoms with Gasteiger partial charge in [-0.15, -0.1) is 0 Å². The molecule has 2 fully saturated rings. The van der Waals surface area contributed by atoms with Crippen LogP contribution in [0.2, 0.25) is 0 Å². The van der Waals surface area contributed by atoms with E-state index in [1.165, 1.54) is 0 Å². The fourth-order valence-electron chi connectivity index (χ4n) is 3.90. The average Bonchev–Trinajstić information content (AvgIpc) is 2.82. The van der Waals surface area contributed by atoms with Crippen molar-refractivity contribution in [1.29, 1.82) is 0 Å². The van der Waals surface area contributed by atoms with Crippen molar-refractivity contribution in [3.05, 3.63) is 47.8 Å². The number of amides is 2. The molecule has 0 aliphatic carbocycles. The third-order valence-corrected chi connectivity index (χ3v) is 5.65. The summed E-state index contributed by atoms with van der Waals surface area (Å²) in [6.07, 6.45) is 4.05. The Kier molecular flexibility index (Phi) is 7.39. The number of nitrogens with zero attached hydrogens (tertiary/aromatic N) is 4. The SMILES string of the molecule is C[C@@H]1CN(c2ccc(CNC(=O)NCc3ccc(N4CCO[C@H](C)C4)nc3)cn2)CCO1. The van der Waals surface area contributed by atoms with Gasteiger partial charge in [-0.25, -0.2) is 14.8 Å². The van der Waals surface area contributed by atoms with Crippen LogP contribution in [0.3, 0.4) is 0 Å². The van der Waals surface area contributed by atoms with Crippen molar-refractivity contribution in [2.75, 3.05) is 49.2 Å². The van der Waals surface area contributed by atoms with Crippen LogP contribution in [0.4, 0.5) is 16.4 Å². The van der Waals surface area contributed by atoms with Gasteiger partial charge in [-0.1, -0.05) is 12.1 Å². The first-order valence-corrected chi connectivity index (χ1v) is 11.2. The second-order valence-electron chi connectivity index (χ2n) is 8.34. The number of carbonyl (C=O) groups excluding carboxylic acids is 1. The molecule has 2 aliphatic heterocycles. The normalized spacial score (nSPS) is 21.3. The van der Waals surface area contributed by atoms with Gasteiger partial charge in [-0.05, 0) is 37.1 Å². The Bertz CT molecular complexity index is 805. The molecular formula is C23H32N6O3. The van der Waals surface area contributed by atoms with E-state index in [-0.39, 0.29) is 18.2 Å². The summed E-state index contributed by atoms with van der Waals surface area (Å²) in [5.41, 5.74) is 1.91. The maximum absolute atomic E-state index is 12.2. The second kappa shape index (κ2) is 10.6. The lowest BCUT2D eigenvalue weighted by Crippen LogP contribution is -2.41. The highest BCUT2D eigenvalue weighted by Gasteiger charge is 2.18. The molecule has 32 heavy (non-hydrogen) atoms. The molecule has 0 saturated carbocycles. The molecule has 2 aromatic heterocycles. The van der Waals surface area contributed by atoms with E-state index in [2.05, 4.69) is 44.2 Å². The molecule has 9 nitrogen and oxygen atoms in total. The first-order chi connectivity index (χ1) is 15.6. The maximum atomic E-state index is 12.2. The van der Waals surface area contributed by atoms with Crippen molar-refractivity contribution < 1.29 is 14.3 Å². The maximum Gasteiger partial charge on any atom is 0.315 e. The molecule has 2 atom stereocenters. The van der Waals surface area contributed by atoms with E-state index in [4.69, 9.17) is 9.47 Å². The molecule has 0 aromatic carbocycles. The van der Waals surface area contributed by atoms with E-state index < -0.39 is 0 Å². The third kappa shape index (κ3) is 6.08. The summed E-state index contributed by atoms with van der Waals surface area (Å²) in [6, 6.07) is 7.77. The first kappa shape index (κ1) is 22.3. The third-order valence-electron chi connectivity index (χ3n) is 5.65. The molecule has 0 radical (unpaired) electrons. The van der Waals surface area contributed by atoms with E-state index in [0.717, 1.165) is 62.2 Å². The van der Waals surface area contributed by atoms with Crippen LogP contribution in [-0.2, 0) is 22.6 Å². The number of ether oxygens (including phenoxy) is 2. The molecule has 2 aromatic rings. The van der Waals surface area contributed by atoms with Crippen LogP contribution < -0.4 is 20.4 Å². The Balaban J connectivity index is 1.20. The van der Waals surface area contributed by atoms with Gasteiger partial charge in [-0.2, -0.15) is 0 Å². The quantitative estimate of drug-likeness (QED) is 0.709. The van der Waals surface area contributed by atoms with Crippen molar-refractivity contribution in [3.8, 4) is 0 Å². The van der Waals surface area contributed by atoms with E-state index in [0.29, 0.717) is 13.1 Å². The summed E-state index contributed by atoms with van der Waals surface area (Å²) < 4.78 is 11.2. The lowest BCUT2D eigenvalue weighted by atomic mass is 10.2. The number of urea groups is 1. The summed E-state index contributed by atoms with van der Waals surface area (Å²) in [4.78, 5) is 25.7. The zero-order valence-corrected chi connectivity index (χ0v) is 18.8. The number of nitrogens with one attached hydrogen (secondary N) is 2. The molecule has 172 valence electrons. The van der Waals surface area contributed by atoms with E-state index in [1.807, 2.05) is 36.7 Å². The summed E-state index contributed by atoms with van der Waals surface area (Å²) in [7, 11) is 0. The zero-order valence-electron chi connectivity index (χ0n) is 18.8. The minimum absolute atomic E-state index is 0.213. The largest absolute Gasteiger partial charge is 0.375 e. The van der Waals surface area contributed by atoms with Crippen molar-refractivity contribution in [3.63, 3.8) is 0 Å². The molecule has 0 spiro atoms. The van der Waals surface area contributed by atoms with Gasteiger partial charge in [0, 0.05) is 51.7 Å². The molecule has 2 N–H and O–H groups in total. The summed E-state index contributed by atoms with van der Waals surface area (Å²) >= 11 is 0. The number of hydrogen-bond donors (Lipinski definition) is 2. The van der Waals surface area contributed by atoms with E-state index in [9.17, 15) is 4.79 Å². The minimum Gasteiger partial charge on any atom is -0.375 e. The number of carbonyl (C=O) groups is 1. The second-order valence-corrected chi connectivity index (χ2v) is 8.34. The van der Waals surface area contributed by atoms with Crippen LogP contribution in [0.15, 0.2) is 36.7 Å². The molecule has 4 heterocycles. The van der Waals surface area contributed by atoms with Gasteiger partial charge in [-0.3, -0.25) is 0 Å². The highest BCUT2D eigenvalue weighted by atomic mass is 16.5. The average molecular weight is 441 g/mol. The Morgan fingerprint density at radius 3 is 1.72 bits per heavy atom. The molecule has 2 amide bonds. The first-order valence-electron chi connectivity index (χ1n) is 11.2. The van der Waals surface area contributed by atoms with Gasteiger partial charge in [0.2, 0.25) is 0 Å². The topological polar surface area (TPSA) is 91.9 Å². The molecule has 0 bridgehead atoms. The summed E-state index contributed by atoms with van der Waals surface area (Å²) in [5, 5.41) is 5.75. The van der Waals surface area contributed by atoms with Crippen molar-refractivity contribution in [2.45, 2.75) is 39.1 Å². The number of morpholine rings is 2. The van der Waals surface area contributed by atoms with Gasteiger partial charge in [0.1, 0.15) is 11.6 Å². The summed E-state index contributed by atoms with van der Waals surface area (Å²) in [5.74, 6) is 1.88. The van der Waals surface area contributed by atoms with Crippen molar-refractivity contribution in [2.24, 2.45) is 0 Å². The minimum atomic E-state index is -0.220. The van der Waals surface area contributed by atoms with Crippen LogP contribution in [0.1, 0.15) is 25.0 Å². The monoisotopic (exact) mass is 440 g/mol. The van der Waals surface area contributed by atoms with Gasteiger partial charge >= 0.3 is 6.03 Å². The fraction of sp³-hybridized carbons (Fsp3) is 0.522. The van der Waals surface area contributed by atoms with Crippen LogP contribution >= 0.6 is 0 Å². The van der Waals surface area contributed by atoms with Gasteiger partial charge in [0.05, 0.1) is 25.4 Å². The Morgan fingerprint density at radius 2 is 1.34 bits per heavy atom. The number of anilines is 2. The Labute approximate surface area is 189 Å². The predicted octanol–water partition coefficient (Wildman–Crippen LogP) is 1.93. The number of hydrogen-bond acceptors (Lipinski definition) is 7. The van der Waals surface area contributed by atoms with Crippen molar-refractivity contribution >= 4 is 17.7 Å². The fourth-order valence-corrected chi connectivity index (χ4v) is 3.90. The van der Waals surface area contributed by atoms with Gasteiger partial charge in [0.15, 0.2) is 0 Å². The van der Waals surface area contributed by atoms with Crippen LogP contribution in [0.25, 0.3) is 0 Å². The van der Waals surface area contributed by atoms with Gasteiger partial charge < -0.3 is 29.9 Å². The van der Waals surface area contributed by atoms with Crippen LogP contribution in [0.5, 0.6) is 0 Å². The predicted molar refractivity (Wildman–Crippen MR) is 123 cm³/mol. The molecule has 0 unspecified atom stereocenters. The Hall–Kier alpha value is -2.91. The van der Waals surface area contributed by atoms with Gasteiger partial charge in [0.25, 0.3) is 0 Å². The van der Waals surface area contributed by atoms with Crippen LogP contribution in [-0.4, -0.2) is 67.6 Å². The molecule has 9 heteroatoms. The molecule has 2 saturated heterocycles. The highest BCUT2D eigenvalue weighted by molar-refractivity contribution is 5.73. The molecular weight excluding hydrogens is 408 g/mol. The number of rotatable bonds is 6. The highest BCUT2D eigenvalue weighted by Crippen LogP contribution is 2.16. The van der Waals surface area contributed by atoms with Crippen LogP contribution in [0, 0.1) is 0 Å². The molecule has 2 aliphatic rings. The number of pyridine rings is 2. The lowest BCUT2D eigenvalue weighted by Gasteiger charge is -2.32. The number of aromatic nitrogens is 2. The summed E-state index contributed by atoms with van der Waals surface area (Å²) in [6.45, 7) is 9.79. The lowest BCUT2D eigenvalue weighted by molar-refractivity contribution is 0.0528. The van der Waals surface area contributed by atoms with Crippen molar-refractivity contribution in [1.82, 2.24) is 20.6 Å². The van der Waals surface area contributed by atoms with E-state index >= 15 is 0 Å². The van der Waals surface area contributed by atoms with E-state index in [1.54, 1.807) is 0 Å². The molecule has 4 rings (SSSR count).